The van der Waals surface area contributed by atoms with Crippen LogP contribution in [0.25, 0.3) is 0 Å². The molecule has 96 valence electrons. The lowest BCUT2D eigenvalue weighted by atomic mass is 10.2. The summed E-state index contributed by atoms with van der Waals surface area (Å²) in [6.07, 6.45) is 2.14. The van der Waals surface area contributed by atoms with Gasteiger partial charge in [0.25, 0.3) is 0 Å². The summed E-state index contributed by atoms with van der Waals surface area (Å²) in [7, 11) is 0. The first-order valence-electron chi connectivity index (χ1n) is 6.09. The molecule has 1 saturated heterocycles. The first-order valence-corrected chi connectivity index (χ1v) is 6.09. The molecule has 2 rings (SSSR count). The van der Waals surface area contributed by atoms with Crippen molar-refractivity contribution in [2.45, 2.75) is 19.8 Å². The van der Waals surface area contributed by atoms with Crippen LogP contribution in [-0.2, 0) is 4.79 Å². The average molecular weight is 247 g/mol. The van der Waals surface area contributed by atoms with E-state index in [1.54, 1.807) is 29.2 Å². The summed E-state index contributed by atoms with van der Waals surface area (Å²) >= 11 is 0. The SMILES string of the molecule is CC(=O)Nc1cccc(NC(=O)N2CCCC2)c1. The Labute approximate surface area is 106 Å². The molecule has 5 heteroatoms. The molecule has 1 heterocycles. The Hall–Kier alpha value is -2.04. The first-order chi connectivity index (χ1) is 8.65. The van der Waals surface area contributed by atoms with Gasteiger partial charge in [0.15, 0.2) is 0 Å². The van der Waals surface area contributed by atoms with Gasteiger partial charge in [0.1, 0.15) is 0 Å². The fraction of sp³-hybridized carbons (Fsp3) is 0.385. The van der Waals surface area contributed by atoms with Crippen LogP contribution in [0.15, 0.2) is 24.3 Å². The molecule has 18 heavy (non-hydrogen) atoms. The van der Waals surface area contributed by atoms with Crippen LogP contribution in [-0.4, -0.2) is 29.9 Å². The number of urea groups is 1. The largest absolute Gasteiger partial charge is 0.326 e. The van der Waals surface area contributed by atoms with Crippen LogP contribution in [0.5, 0.6) is 0 Å². The molecule has 3 amide bonds. The number of amides is 3. The number of carbonyl (C=O) groups is 2. The highest BCUT2D eigenvalue weighted by atomic mass is 16.2. The van der Waals surface area contributed by atoms with E-state index in [2.05, 4.69) is 10.6 Å². The zero-order valence-electron chi connectivity index (χ0n) is 10.4. The van der Waals surface area contributed by atoms with Gasteiger partial charge in [0.05, 0.1) is 0 Å². The van der Waals surface area contributed by atoms with Crippen LogP contribution in [0.1, 0.15) is 19.8 Å². The second-order valence-electron chi connectivity index (χ2n) is 4.39. The molecule has 0 unspecified atom stereocenters. The van der Waals surface area contributed by atoms with E-state index in [-0.39, 0.29) is 11.9 Å². The van der Waals surface area contributed by atoms with E-state index in [1.807, 2.05) is 0 Å². The molecule has 0 atom stereocenters. The average Bonchev–Trinajstić information content (AvgIpc) is 2.81. The third-order valence-electron chi connectivity index (χ3n) is 2.83. The summed E-state index contributed by atoms with van der Waals surface area (Å²) in [4.78, 5) is 24.6. The maximum atomic E-state index is 11.9. The van der Waals surface area contributed by atoms with Crippen molar-refractivity contribution >= 4 is 23.3 Å². The Balaban J connectivity index is 2.00. The minimum atomic E-state index is -0.127. The quantitative estimate of drug-likeness (QED) is 0.842. The molecule has 0 aromatic heterocycles. The number of hydrogen-bond donors (Lipinski definition) is 2. The van der Waals surface area contributed by atoms with E-state index in [9.17, 15) is 9.59 Å². The van der Waals surface area contributed by atoms with E-state index >= 15 is 0 Å². The molecule has 0 saturated carbocycles. The lowest BCUT2D eigenvalue weighted by Gasteiger charge is -2.16. The molecule has 1 aromatic rings. The first kappa shape index (κ1) is 12.4. The molecule has 1 aliphatic rings. The highest BCUT2D eigenvalue weighted by molar-refractivity contribution is 5.92. The molecule has 5 nitrogen and oxygen atoms in total. The van der Waals surface area contributed by atoms with Crippen molar-refractivity contribution in [1.29, 1.82) is 0 Å². The van der Waals surface area contributed by atoms with E-state index in [0.717, 1.165) is 25.9 Å². The van der Waals surface area contributed by atoms with Crippen LogP contribution in [0, 0.1) is 0 Å². The lowest BCUT2D eigenvalue weighted by molar-refractivity contribution is -0.114. The minimum Gasteiger partial charge on any atom is -0.326 e. The third-order valence-corrected chi connectivity index (χ3v) is 2.83. The van der Waals surface area contributed by atoms with Crippen molar-refractivity contribution in [1.82, 2.24) is 4.90 Å². The van der Waals surface area contributed by atoms with Crippen LogP contribution < -0.4 is 10.6 Å². The molecule has 0 aliphatic carbocycles. The number of nitrogens with zero attached hydrogens (tertiary/aromatic N) is 1. The van der Waals surface area contributed by atoms with Crippen molar-refractivity contribution in [3.8, 4) is 0 Å². The topological polar surface area (TPSA) is 61.4 Å². The standard InChI is InChI=1S/C13H17N3O2/c1-10(17)14-11-5-4-6-12(9-11)15-13(18)16-7-2-3-8-16/h4-6,9H,2-3,7-8H2,1H3,(H,14,17)(H,15,18). The van der Waals surface area contributed by atoms with Crippen LogP contribution >= 0.6 is 0 Å². The summed E-state index contributed by atoms with van der Waals surface area (Å²) in [6.45, 7) is 3.09. The Bertz CT molecular complexity index is 453. The molecule has 0 radical (unpaired) electrons. The smallest absolute Gasteiger partial charge is 0.321 e. The molecular formula is C13H17N3O2. The second kappa shape index (κ2) is 5.53. The van der Waals surface area contributed by atoms with E-state index in [0.29, 0.717) is 11.4 Å². The zero-order chi connectivity index (χ0) is 13.0. The zero-order valence-corrected chi connectivity index (χ0v) is 10.4. The van der Waals surface area contributed by atoms with E-state index < -0.39 is 0 Å². The van der Waals surface area contributed by atoms with Crippen LogP contribution in [0.4, 0.5) is 16.2 Å². The molecule has 0 bridgehead atoms. The third kappa shape index (κ3) is 3.23. The highest BCUT2D eigenvalue weighted by Crippen LogP contribution is 2.16. The Kier molecular flexibility index (Phi) is 3.82. The molecule has 1 aromatic carbocycles. The fourth-order valence-electron chi connectivity index (χ4n) is 2.00. The maximum absolute atomic E-state index is 11.9. The maximum Gasteiger partial charge on any atom is 0.321 e. The number of hydrogen-bond acceptors (Lipinski definition) is 2. The van der Waals surface area contributed by atoms with E-state index in [4.69, 9.17) is 0 Å². The number of benzene rings is 1. The lowest BCUT2D eigenvalue weighted by Crippen LogP contribution is -2.32. The van der Waals surface area contributed by atoms with Gasteiger partial charge in [-0.05, 0) is 31.0 Å². The van der Waals surface area contributed by atoms with Crippen molar-refractivity contribution in [2.24, 2.45) is 0 Å². The van der Waals surface area contributed by atoms with Gasteiger partial charge in [-0.2, -0.15) is 0 Å². The van der Waals surface area contributed by atoms with Crippen molar-refractivity contribution in [3.63, 3.8) is 0 Å². The second-order valence-corrected chi connectivity index (χ2v) is 4.39. The highest BCUT2D eigenvalue weighted by Gasteiger charge is 2.17. The van der Waals surface area contributed by atoms with Gasteiger partial charge < -0.3 is 15.5 Å². The van der Waals surface area contributed by atoms with Gasteiger partial charge in [0.2, 0.25) is 5.91 Å². The summed E-state index contributed by atoms with van der Waals surface area (Å²) in [6, 6.07) is 7.05. The van der Waals surface area contributed by atoms with Gasteiger partial charge in [-0.1, -0.05) is 6.07 Å². The van der Waals surface area contributed by atoms with Gasteiger partial charge in [-0.3, -0.25) is 4.79 Å². The normalized spacial score (nSPS) is 14.4. The molecular weight excluding hydrogens is 230 g/mol. The number of anilines is 2. The minimum absolute atomic E-state index is 0.0764. The van der Waals surface area contributed by atoms with Gasteiger partial charge in [0, 0.05) is 31.4 Å². The van der Waals surface area contributed by atoms with Crippen molar-refractivity contribution in [3.05, 3.63) is 24.3 Å². The molecule has 1 fully saturated rings. The number of carbonyl (C=O) groups excluding carboxylic acids is 2. The monoisotopic (exact) mass is 247 g/mol. The van der Waals surface area contributed by atoms with Gasteiger partial charge >= 0.3 is 6.03 Å². The van der Waals surface area contributed by atoms with Gasteiger partial charge in [-0.15, -0.1) is 0 Å². The number of nitrogens with one attached hydrogen (secondary N) is 2. The van der Waals surface area contributed by atoms with E-state index in [1.165, 1.54) is 6.92 Å². The Morgan fingerprint density at radius 3 is 2.33 bits per heavy atom. The molecule has 0 spiro atoms. The summed E-state index contributed by atoms with van der Waals surface area (Å²) in [5.41, 5.74) is 1.37. The Morgan fingerprint density at radius 1 is 1.11 bits per heavy atom. The molecule has 1 aliphatic heterocycles. The number of rotatable bonds is 2. The summed E-state index contributed by atoms with van der Waals surface area (Å²) in [5.74, 6) is -0.127. The summed E-state index contributed by atoms with van der Waals surface area (Å²) in [5, 5.41) is 5.52. The van der Waals surface area contributed by atoms with Crippen LogP contribution in [0.3, 0.4) is 0 Å². The Morgan fingerprint density at radius 2 is 1.72 bits per heavy atom. The number of likely N-dealkylation sites (tertiary alicyclic amines) is 1. The molecule has 2 N–H and O–H groups in total. The predicted octanol–water partition coefficient (Wildman–Crippen LogP) is 2.27. The predicted molar refractivity (Wildman–Crippen MR) is 70.6 cm³/mol. The van der Waals surface area contributed by atoms with Crippen molar-refractivity contribution < 1.29 is 9.59 Å². The summed E-state index contributed by atoms with van der Waals surface area (Å²) < 4.78 is 0. The van der Waals surface area contributed by atoms with Gasteiger partial charge in [-0.25, -0.2) is 4.79 Å². The fourth-order valence-corrected chi connectivity index (χ4v) is 2.00. The van der Waals surface area contributed by atoms with Crippen molar-refractivity contribution in [2.75, 3.05) is 23.7 Å². The van der Waals surface area contributed by atoms with Crippen LogP contribution in [0.2, 0.25) is 0 Å².